The van der Waals surface area contributed by atoms with Crippen molar-refractivity contribution in [2.45, 2.75) is 25.9 Å². The first-order valence-corrected chi connectivity index (χ1v) is 4.92. The summed E-state index contributed by atoms with van der Waals surface area (Å²) in [5.41, 5.74) is 0. The van der Waals surface area contributed by atoms with Crippen LogP contribution in [0.15, 0.2) is 12.7 Å². The van der Waals surface area contributed by atoms with Crippen molar-refractivity contribution in [3.8, 4) is 0 Å². The second-order valence-corrected chi connectivity index (χ2v) is 3.40. The van der Waals surface area contributed by atoms with Crippen LogP contribution in [0.25, 0.3) is 0 Å². The fraction of sp³-hybridized carbons (Fsp3) is 0.556. The number of hydrogen-bond donors (Lipinski definition) is 2. The molecule has 2 amide bonds. The van der Waals surface area contributed by atoms with E-state index in [-0.39, 0.29) is 11.8 Å². The van der Waals surface area contributed by atoms with Crippen LogP contribution in [0.1, 0.15) is 19.9 Å². The standard InChI is InChI=1S/C9H15N5O2/c1-6(8(15)10-3)13-9(16)7(2)14-5-11-4-12-14/h4-7H,1-3H3,(H,10,15)(H,13,16)/t6-,7-/m0/s1. The van der Waals surface area contributed by atoms with E-state index in [2.05, 4.69) is 20.7 Å². The molecule has 16 heavy (non-hydrogen) atoms. The molecule has 88 valence electrons. The molecule has 0 fully saturated rings. The summed E-state index contributed by atoms with van der Waals surface area (Å²) in [6.07, 6.45) is 2.81. The molecule has 0 aliphatic heterocycles. The Hall–Kier alpha value is -1.92. The first-order chi connectivity index (χ1) is 7.56. The number of amides is 2. The van der Waals surface area contributed by atoms with Crippen molar-refractivity contribution in [1.29, 1.82) is 0 Å². The molecule has 7 heteroatoms. The molecule has 7 nitrogen and oxygen atoms in total. The monoisotopic (exact) mass is 225 g/mol. The van der Waals surface area contributed by atoms with Crippen molar-refractivity contribution >= 4 is 11.8 Å². The van der Waals surface area contributed by atoms with Gasteiger partial charge in [0.15, 0.2) is 0 Å². The van der Waals surface area contributed by atoms with Gasteiger partial charge in [0, 0.05) is 7.05 Å². The highest BCUT2D eigenvalue weighted by atomic mass is 16.2. The summed E-state index contributed by atoms with van der Waals surface area (Å²) in [5, 5.41) is 8.89. The lowest BCUT2D eigenvalue weighted by Gasteiger charge is -2.16. The molecule has 0 saturated heterocycles. The van der Waals surface area contributed by atoms with E-state index in [1.165, 1.54) is 24.4 Å². The Morgan fingerprint density at radius 3 is 2.50 bits per heavy atom. The molecule has 0 aromatic carbocycles. The van der Waals surface area contributed by atoms with Crippen molar-refractivity contribution in [3.05, 3.63) is 12.7 Å². The average molecular weight is 225 g/mol. The Morgan fingerprint density at radius 1 is 1.31 bits per heavy atom. The van der Waals surface area contributed by atoms with Crippen molar-refractivity contribution in [2.75, 3.05) is 7.05 Å². The Balaban J connectivity index is 2.56. The highest BCUT2D eigenvalue weighted by molar-refractivity contribution is 5.88. The molecule has 1 aromatic rings. The quantitative estimate of drug-likeness (QED) is 0.694. The van der Waals surface area contributed by atoms with E-state index in [4.69, 9.17) is 0 Å². The van der Waals surface area contributed by atoms with Crippen LogP contribution in [0.5, 0.6) is 0 Å². The number of carbonyl (C=O) groups is 2. The van der Waals surface area contributed by atoms with Gasteiger partial charge in [-0.2, -0.15) is 5.10 Å². The molecule has 0 bridgehead atoms. The van der Waals surface area contributed by atoms with Gasteiger partial charge in [-0.05, 0) is 13.8 Å². The summed E-state index contributed by atoms with van der Waals surface area (Å²) >= 11 is 0. The Labute approximate surface area is 93.2 Å². The molecule has 0 aliphatic carbocycles. The number of nitrogens with zero attached hydrogens (tertiary/aromatic N) is 3. The molecular weight excluding hydrogens is 210 g/mol. The van der Waals surface area contributed by atoms with Crippen LogP contribution >= 0.6 is 0 Å². The van der Waals surface area contributed by atoms with E-state index in [0.717, 1.165) is 0 Å². The van der Waals surface area contributed by atoms with Gasteiger partial charge < -0.3 is 10.6 Å². The maximum atomic E-state index is 11.7. The Bertz CT molecular complexity index is 362. The molecule has 2 N–H and O–H groups in total. The predicted octanol–water partition coefficient (Wildman–Crippen LogP) is -0.910. The first kappa shape index (κ1) is 12.2. The van der Waals surface area contributed by atoms with Crippen LogP contribution in [0, 0.1) is 0 Å². The third-order valence-corrected chi connectivity index (χ3v) is 2.21. The number of carbonyl (C=O) groups excluding carboxylic acids is 2. The molecule has 0 radical (unpaired) electrons. The van der Waals surface area contributed by atoms with Gasteiger partial charge >= 0.3 is 0 Å². The number of rotatable bonds is 4. The summed E-state index contributed by atoms with van der Waals surface area (Å²) in [7, 11) is 1.52. The van der Waals surface area contributed by atoms with Crippen LogP contribution in [-0.4, -0.2) is 39.7 Å². The minimum atomic E-state index is -0.566. The van der Waals surface area contributed by atoms with E-state index in [0.29, 0.717) is 0 Å². The number of likely N-dealkylation sites (N-methyl/N-ethyl adjacent to an activating group) is 1. The topological polar surface area (TPSA) is 88.9 Å². The third kappa shape index (κ3) is 2.78. The highest BCUT2D eigenvalue weighted by Crippen LogP contribution is 2.02. The van der Waals surface area contributed by atoms with Crippen molar-refractivity contribution in [2.24, 2.45) is 0 Å². The van der Waals surface area contributed by atoms with Crippen LogP contribution in [0.2, 0.25) is 0 Å². The second kappa shape index (κ2) is 5.24. The maximum Gasteiger partial charge on any atom is 0.245 e. The Kier molecular flexibility index (Phi) is 3.98. The number of hydrogen-bond acceptors (Lipinski definition) is 4. The fourth-order valence-electron chi connectivity index (χ4n) is 1.15. The fourth-order valence-corrected chi connectivity index (χ4v) is 1.15. The lowest BCUT2D eigenvalue weighted by Crippen LogP contribution is -2.45. The van der Waals surface area contributed by atoms with Gasteiger partial charge in [0.25, 0.3) is 0 Å². The Morgan fingerprint density at radius 2 is 2.00 bits per heavy atom. The van der Waals surface area contributed by atoms with Crippen molar-refractivity contribution in [3.63, 3.8) is 0 Å². The lowest BCUT2D eigenvalue weighted by molar-refractivity contribution is -0.130. The average Bonchev–Trinajstić information content (AvgIpc) is 2.79. The largest absolute Gasteiger partial charge is 0.357 e. The molecule has 0 spiro atoms. The van der Waals surface area contributed by atoms with Crippen molar-refractivity contribution < 1.29 is 9.59 Å². The van der Waals surface area contributed by atoms with Gasteiger partial charge in [-0.1, -0.05) is 0 Å². The normalized spacial score (nSPS) is 13.9. The summed E-state index contributed by atoms with van der Waals surface area (Å²) in [6, 6.07) is -1.06. The molecule has 0 aliphatic rings. The molecule has 0 saturated carbocycles. The molecule has 1 rings (SSSR count). The van der Waals surface area contributed by atoms with E-state index < -0.39 is 12.1 Å². The summed E-state index contributed by atoms with van der Waals surface area (Å²) in [5.74, 6) is -0.513. The summed E-state index contributed by atoms with van der Waals surface area (Å²) < 4.78 is 1.42. The lowest BCUT2D eigenvalue weighted by atomic mass is 10.2. The minimum absolute atomic E-state index is 0.237. The van der Waals surface area contributed by atoms with Gasteiger partial charge in [-0.25, -0.2) is 9.67 Å². The zero-order chi connectivity index (χ0) is 12.1. The van der Waals surface area contributed by atoms with Gasteiger partial charge in [0.1, 0.15) is 24.7 Å². The second-order valence-electron chi connectivity index (χ2n) is 3.40. The van der Waals surface area contributed by atoms with Crippen LogP contribution in [0.3, 0.4) is 0 Å². The van der Waals surface area contributed by atoms with Gasteiger partial charge in [0.05, 0.1) is 0 Å². The summed E-state index contributed by atoms with van der Waals surface area (Å²) in [4.78, 5) is 26.6. The summed E-state index contributed by atoms with van der Waals surface area (Å²) in [6.45, 7) is 3.30. The molecule has 0 unspecified atom stereocenters. The van der Waals surface area contributed by atoms with Gasteiger partial charge in [0.2, 0.25) is 11.8 Å². The van der Waals surface area contributed by atoms with Crippen LogP contribution in [-0.2, 0) is 9.59 Å². The molecule has 1 heterocycles. The van der Waals surface area contributed by atoms with Crippen LogP contribution < -0.4 is 10.6 Å². The van der Waals surface area contributed by atoms with E-state index in [1.54, 1.807) is 13.8 Å². The zero-order valence-corrected chi connectivity index (χ0v) is 9.47. The van der Waals surface area contributed by atoms with Gasteiger partial charge in [-0.15, -0.1) is 0 Å². The van der Waals surface area contributed by atoms with Gasteiger partial charge in [-0.3, -0.25) is 9.59 Å². The zero-order valence-electron chi connectivity index (χ0n) is 9.47. The highest BCUT2D eigenvalue weighted by Gasteiger charge is 2.20. The number of nitrogens with one attached hydrogen (secondary N) is 2. The van der Waals surface area contributed by atoms with E-state index >= 15 is 0 Å². The predicted molar refractivity (Wildman–Crippen MR) is 56.4 cm³/mol. The van der Waals surface area contributed by atoms with E-state index in [1.807, 2.05) is 0 Å². The molecule has 1 aromatic heterocycles. The molecular formula is C9H15N5O2. The van der Waals surface area contributed by atoms with Crippen molar-refractivity contribution in [1.82, 2.24) is 25.4 Å². The molecule has 2 atom stereocenters. The number of aromatic nitrogens is 3. The van der Waals surface area contributed by atoms with Crippen LogP contribution in [0.4, 0.5) is 0 Å². The third-order valence-electron chi connectivity index (χ3n) is 2.21. The SMILES string of the molecule is CNC(=O)[C@H](C)NC(=O)[C@H](C)n1cncn1. The van der Waals surface area contributed by atoms with E-state index in [9.17, 15) is 9.59 Å². The smallest absolute Gasteiger partial charge is 0.245 e. The minimum Gasteiger partial charge on any atom is -0.357 e. The first-order valence-electron chi connectivity index (χ1n) is 4.92. The maximum absolute atomic E-state index is 11.7.